The highest BCUT2D eigenvalue weighted by Crippen LogP contribution is 2.31. The predicted molar refractivity (Wildman–Crippen MR) is 130 cm³/mol. The maximum Gasteiger partial charge on any atom is 0.325 e. The van der Waals surface area contributed by atoms with E-state index in [1.165, 1.54) is 7.11 Å². The lowest BCUT2D eigenvalue weighted by molar-refractivity contribution is -0.141. The Hall–Kier alpha value is -3.93. The van der Waals surface area contributed by atoms with Gasteiger partial charge in [0.25, 0.3) is 0 Å². The van der Waals surface area contributed by atoms with E-state index in [0.717, 1.165) is 34.0 Å². The van der Waals surface area contributed by atoms with Crippen molar-refractivity contribution in [3.8, 4) is 11.3 Å². The Balaban J connectivity index is 1.87. The molecule has 2 aromatic carbocycles. The molecule has 0 atom stereocenters. The number of esters is 1. The first-order chi connectivity index (χ1) is 16.1. The molecule has 4 aromatic rings. The Morgan fingerprint density at radius 2 is 1.85 bits per heavy atom. The third-order valence-corrected chi connectivity index (χ3v) is 5.78. The van der Waals surface area contributed by atoms with Crippen LogP contribution in [0.15, 0.2) is 67.0 Å². The summed E-state index contributed by atoms with van der Waals surface area (Å²) in [6, 6.07) is 15.8. The number of nitrogens with zero attached hydrogens (tertiary/aromatic N) is 2. The second-order valence-electron chi connectivity index (χ2n) is 7.74. The van der Waals surface area contributed by atoms with Crippen LogP contribution in [-0.4, -0.2) is 33.4 Å². The first-order valence-corrected chi connectivity index (χ1v) is 11.1. The molecule has 0 radical (unpaired) electrons. The van der Waals surface area contributed by atoms with Gasteiger partial charge in [-0.2, -0.15) is 0 Å². The summed E-state index contributed by atoms with van der Waals surface area (Å²) in [6.45, 7) is 3.96. The second-order valence-corrected chi connectivity index (χ2v) is 7.74. The average molecular weight is 442 g/mol. The second kappa shape index (κ2) is 9.69. The minimum atomic E-state index is -0.446. The lowest BCUT2D eigenvalue weighted by Gasteiger charge is -2.14. The van der Waals surface area contributed by atoms with E-state index in [-0.39, 0.29) is 18.2 Å². The molecular weight excluding hydrogens is 414 g/mol. The molecule has 0 fully saturated rings. The van der Waals surface area contributed by atoms with Crippen molar-refractivity contribution >= 4 is 28.2 Å². The van der Waals surface area contributed by atoms with Crippen molar-refractivity contribution in [2.24, 2.45) is 0 Å². The van der Waals surface area contributed by atoms with Crippen LogP contribution in [0.2, 0.25) is 0 Å². The number of H-pyrrole nitrogens is 1. The summed E-state index contributed by atoms with van der Waals surface area (Å²) in [7, 11) is 1.34. The van der Waals surface area contributed by atoms with Gasteiger partial charge in [-0.25, -0.2) is 4.98 Å². The van der Waals surface area contributed by atoms with E-state index >= 15 is 0 Å². The van der Waals surface area contributed by atoms with Gasteiger partial charge in [-0.3, -0.25) is 9.59 Å². The number of Topliss-reactive ketones (excluding diaryl/α,β-unsaturated/α-hetero) is 1. The van der Waals surface area contributed by atoms with Gasteiger partial charge in [0.2, 0.25) is 5.78 Å². The fourth-order valence-electron chi connectivity index (χ4n) is 4.15. The highest BCUT2D eigenvalue weighted by Gasteiger charge is 2.25. The number of aromatic amines is 1. The number of hydrogen-bond donors (Lipinski definition) is 1. The SMILES string of the molecule is CC/C=C(/C(=O)c1ncc(-c2c[nH]c3ccccc23)n1CC(=O)OC)c1ccccc1CC. The molecule has 2 aromatic heterocycles. The number of allylic oxidation sites excluding steroid dienone is 2. The molecule has 0 aliphatic heterocycles. The normalized spacial score (nSPS) is 11.7. The van der Waals surface area contributed by atoms with Crippen molar-refractivity contribution in [3.05, 3.63) is 84.0 Å². The number of carbonyl (C=O) groups excluding carboxylic acids is 2. The third-order valence-electron chi connectivity index (χ3n) is 5.78. The molecule has 6 nitrogen and oxygen atoms in total. The number of methoxy groups -OCH3 is 1. The van der Waals surface area contributed by atoms with Crippen LogP contribution in [0.4, 0.5) is 0 Å². The van der Waals surface area contributed by atoms with Crippen molar-refractivity contribution in [3.63, 3.8) is 0 Å². The lowest BCUT2D eigenvalue weighted by Crippen LogP contribution is -2.19. The number of ether oxygens (including phenoxy) is 1. The number of benzene rings is 2. The summed E-state index contributed by atoms with van der Waals surface area (Å²) in [6.07, 6.45) is 6.97. The molecular formula is C27H27N3O3. The quantitative estimate of drug-likeness (QED) is 0.224. The number of aromatic nitrogens is 3. The molecule has 0 aliphatic rings. The van der Waals surface area contributed by atoms with E-state index in [4.69, 9.17) is 4.74 Å². The number of nitrogens with one attached hydrogen (secondary N) is 1. The zero-order chi connectivity index (χ0) is 23.4. The van der Waals surface area contributed by atoms with Crippen molar-refractivity contribution < 1.29 is 14.3 Å². The van der Waals surface area contributed by atoms with E-state index in [9.17, 15) is 9.59 Å². The molecule has 0 saturated heterocycles. The van der Waals surface area contributed by atoms with Crippen molar-refractivity contribution in [1.29, 1.82) is 0 Å². The predicted octanol–water partition coefficient (Wildman–Crippen LogP) is 5.44. The van der Waals surface area contributed by atoms with Crippen molar-refractivity contribution in [1.82, 2.24) is 14.5 Å². The zero-order valence-electron chi connectivity index (χ0n) is 19.1. The van der Waals surface area contributed by atoms with Gasteiger partial charge in [0.05, 0.1) is 19.0 Å². The molecule has 6 heteroatoms. The van der Waals surface area contributed by atoms with Crippen LogP contribution in [0.25, 0.3) is 27.7 Å². The first kappa shape index (κ1) is 22.3. The number of para-hydroxylation sites is 1. The molecule has 0 unspecified atom stereocenters. The van der Waals surface area contributed by atoms with Crippen LogP contribution >= 0.6 is 0 Å². The number of hydrogen-bond acceptors (Lipinski definition) is 4. The smallest absolute Gasteiger partial charge is 0.325 e. The van der Waals surface area contributed by atoms with Gasteiger partial charge in [0.1, 0.15) is 6.54 Å². The lowest BCUT2D eigenvalue weighted by atomic mass is 9.94. The van der Waals surface area contributed by atoms with Crippen molar-refractivity contribution in [2.45, 2.75) is 33.2 Å². The molecule has 0 aliphatic carbocycles. The first-order valence-electron chi connectivity index (χ1n) is 11.1. The molecule has 0 amide bonds. The largest absolute Gasteiger partial charge is 0.468 e. The zero-order valence-corrected chi connectivity index (χ0v) is 19.1. The van der Waals surface area contributed by atoms with E-state index in [0.29, 0.717) is 17.7 Å². The fourth-order valence-corrected chi connectivity index (χ4v) is 4.15. The van der Waals surface area contributed by atoms with E-state index in [1.807, 2.05) is 67.7 Å². The van der Waals surface area contributed by atoms with Crippen LogP contribution in [0.1, 0.15) is 42.0 Å². The summed E-state index contributed by atoms with van der Waals surface area (Å²) >= 11 is 0. The Morgan fingerprint density at radius 3 is 2.61 bits per heavy atom. The Labute approximate surface area is 192 Å². The Kier molecular flexibility index (Phi) is 6.54. The van der Waals surface area contributed by atoms with Crippen LogP contribution in [0.5, 0.6) is 0 Å². The van der Waals surface area contributed by atoms with Crippen LogP contribution in [0.3, 0.4) is 0 Å². The highest BCUT2D eigenvalue weighted by atomic mass is 16.5. The number of fused-ring (bicyclic) bond motifs is 1. The fraction of sp³-hybridized carbons (Fsp3) is 0.222. The summed E-state index contributed by atoms with van der Waals surface area (Å²) < 4.78 is 6.58. The van der Waals surface area contributed by atoms with Gasteiger partial charge in [-0.15, -0.1) is 0 Å². The van der Waals surface area contributed by atoms with E-state index < -0.39 is 5.97 Å². The number of aryl methyl sites for hydroxylation is 1. The summed E-state index contributed by atoms with van der Waals surface area (Å²) in [5.74, 6) is -0.447. The molecule has 0 spiro atoms. The van der Waals surface area contributed by atoms with Gasteiger partial charge >= 0.3 is 5.97 Å². The topological polar surface area (TPSA) is 77.0 Å². The molecule has 1 N–H and O–H groups in total. The monoisotopic (exact) mass is 441 g/mol. The summed E-state index contributed by atoms with van der Waals surface area (Å²) in [5.41, 5.74) is 5.10. The van der Waals surface area contributed by atoms with Crippen molar-refractivity contribution in [2.75, 3.05) is 7.11 Å². The number of imidazole rings is 1. The molecule has 168 valence electrons. The van der Waals surface area contributed by atoms with Gasteiger partial charge in [-0.05, 0) is 30.0 Å². The maximum absolute atomic E-state index is 13.8. The molecule has 0 bridgehead atoms. The minimum absolute atomic E-state index is 0.110. The molecule has 33 heavy (non-hydrogen) atoms. The van der Waals surface area contributed by atoms with E-state index in [2.05, 4.69) is 16.9 Å². The Morgan fingerprint density at radius 1 is 1.09 bits per heavy atom. The van der Waals surface area contributed by atoms with Gasteiger partial charge < -0.3 is 14.3 Å². The van der Waals surface area contributed by atoms with Crippen LogP contribution in [-0.2, 0) is 22.5 Å². The van der Waals surface area contributed by atoms with E-state index in [1.54, 1.807) is 10.8 Å². The average Bonchev–Trinajstić information content (AvgIpc) is 3.46. The van der Waals surface area contributed by atoms with Gasteiger partial charge in [0.15, 0.2) is 5.82 Å². The molecule has 0 saturated carbocycles. The maximum atomic E-state index is 13.8. The van der Waals surface area contributed by atoms with Crippen LogP contribution in [0, 0.1) is 0 Å². The summed E-state index contributed by atoms with van der Waals surface area (Å²) in [5, 5.41) is 0.989. The number of carbonyl (C=O) groups is 2. The molecule has 4 rings (SSSR count). The van der Waals surface area contributed by atoms with Gasteiger partial charge in [0, 0.05) is 28.2 Å². The Bertz CT molecular complexity index is 1340. The number of rotatable bonds is 8. The minimum Gasteiger partial charge on any atom is -0.468 e. The summed E-state index contributed by atoms with van der Waals surface area (Å²) in [4.78, 5) is 33.9. The van der Waals surface area contributed by atoms with Gasteiger partial charge in [-0.1, -0.05) is 62.4 Å². The molecule has 2 heterocycles. The number of ketones is 1. The third kappa shape index (κ3) is 4.24. The highest BCUT2D eigenvalue weighted by molar-refractivity contribution is 6.28. The van der Waals surface area contributed by atoms with Crippen LogP contribution < -0.4 is 0 Å². The standard InChI is InChI=1S/C27H27N3O3/c1-4-10-21(19-12-7-6-11-18(19)5-2)26(32)27-29-16-24(30(27)17-25(31)33-3)22-15-28-23-14-9-8-13-20(22)23/h6-16,28H,4-5,17H2,1-3H3/b21-10+.